The third kappa shape index (κ3) is 3.44. The van der Waals surface area contributed by atoms with Crippen molar-refractivity contribution in [2.24, 2.45) is 0 Å². The van der Waals surface area contributed by atoms with E-state index in [1.54, 1.807) is 0 Å². The molecule has 2 rings (SSSR count). The minimum Gasteiger partial charge on any atom is -0.100 e. The molecule has 0 fully saturated rings. The van der Waals surface area contributed by atoms with Crippen LogP contribution in [0, 0.1) is 0 Å². The molecule has 72 valence electrons. The molecule has 14 heavy (non-hydrogen) atoms. The fourth-order valence-corrected chi connectivity index (χ4v) is 1.13. The Balaban J connectivity index is 0.000000213. The summed E-state index contributed by atoms with van der Waals surface area (Å²) < 4.78 is 0. The molecule has 0 aliphatic rings. The van der Waals surface area contributed by atoms with Crippen LogP contribution in [-0.2, 0) is 0 Å². The van der Waals surface area contributed by atoms with Crippen molar-refractivity contribution in [3.8, 4) is 0 Å². The lowest BCUT2D eigenvalue weighted by Gasteiger charge is -1.92. The van der Waals surface area contributed by atoms with E-state index in [-0.39, 0.29) is 0 Å². The van der Waals surface area contributed by atoms with Crippen LogP contribution in [0.15, 0.2) is 60.7 Å². The zero-order chi connectivity index (χ0) is 10.4. The molecule has 0 bridgehead atoms. The molecule has 0 saturated heterocycles. The summed E-state index contributed by atoms with van der Waals surface area (Å²) in [5, 5.41) is 2.62. The van der Waals surface area contributed by atoms with E-state index in [0.717, 1.165) is 0 Å². The van der Waals surface area contributed by atoms with Gasteiger partial charge < -0.3 is 0 Å². The van der Waals surface area contributed by atoms with Gasteiger partial charge in [-0.25, -0.2) is 0 Å². The molecule has 0 unspecified atom stereocenters. The van der Waals surface area contributed by atoms with Gasteiger partial charge in [-0.2, -0.15) is 0 Å². The Kier molecular flexibility index (Phi) is 3.93. The third-order valence-corrected chi connectivity index (χ3v) is 1.66. The lowest BCUT2D eigenvalue weighted by Crippen LogP contribution is -1.67. The predicted octanol–water partition coefficient (Wildman–Crippen LogP) is 4.42. The highest BCUT2D eigenvalue weighted by Gasteiger charge is 1.85. The number of allylic oxidation sites excluding steroid dienone is 1. The van der Waals surface area contributed by atoms with Gasteiger partial charge in [-0.3, -0.25) is 0 Å². The first kappa shape index (κ1) is 10.5. The van der Waals surface area contributed by atoms with Crippen LogP contribution >= 0.6 is 0 Å². The lowest BCUT2D eigenvalue weighted by atomic mass is 10.1. The van der Waals surface area contributed by atoms with Crippen molar-refractivity contribution >= 4 is 10.8 Å². The van der Waals surface area contributed by atoms with Gasteiger partial charge in [0, 0.05) is 0 Å². The van der Waals surface area contributed by atoms with E-state index in [1.807, 2.05) is 13.8 Å². The molecule has 0 heteroatoms. The smallest absolute Gasteiger partial charge is 0.0184 e. The van der Waals surface area contributed by atoms with Crippen LogP contribution < -0.4 is 0 Å². The maximum atomic E-state index is 3.56. The molecule has 0 spiro atoms. The summed E-state index contributed by atoms with van der Waals surface area (Å²) >= 11 is 0. The van der Waals surface area contributed by atoms with Gasteiger partial charge in [-0.05, 0) is 24.6 Å². The zero-order valence-electron chi connectivity index (χ0n) is 8.83. The SMILES string of the molecule is C=C(C)C.c1ccc2ccccc2c1. The number of benzene rings is 2. The zero-order valence-corrected chi connectivity index (χ0v) is 8.83. The molecule has 0 aromatic heterocycles. The van der Waals surface area contributed by atoms with Crippen molar-refractivity contribution in [1.82, 2.24) is 0 Å². The molecule has 0 atom stereocenters. The van der Waals surface area contributed by atoms with Gasteiger partial charge in [0.1, 0.15) is 0 Å². The highest BCUT2D eigenvalue weighted by molar-refractivity contribution is 5.81. The molecule has 0 nitrogen and oxygen atoms in total. The Morgan fingerprint density at radius 3 is 1.21 bits per heavy atom. The summed E-state index contributed by atoms with van der Waals surface area (Å²) in [4.78, 5) is 0. The fraction of sp³-hybridized carbons (Fsp3) is 0.143. The predicted molar refractivity (Wildman–Crippen MR) is 64.4 cm³/mol. The third-order valence-electron chi connectivity index (χ3n) is 1.66. The van der Waals surface area contributed by atoms with Gasteiger partial charge in [-0.1, -0.05) is 54.1 Å². The highest BCUT2D eigenvalue weighted by Crippen LogP contribution is 2.11. The van der Waals surface area contributed by atoms with E-state index in [2.05, 4.69) is 55.1 Å². The lowest BCUT2D eigenvalue weighted by molar-refractivity contribution is 1.42. The van der Waals surface area contributed by atoms with Crippen LogP contribution in [0.2, 0.25) is 0 Å². The van der Waals surface area contributed by atoms with E-state index < -0.39 is 0 Å². The second-order valence-corrected chi connectivity index (χ2v) is 3.55. The van der Waals surface area contributed by atoms with Crippen molar-refractivity contribution in [3.63, 3.8) is 0 Å². The Labute approximate surface area is 85.9 Å². The first-order chi connectivity index (χ1) is 6.70. The van der Waals surface area contributed by atoms with Crippen molar-refractivity contribution in [1.29, 1.82) is 0 Å². The summed E-state index contributed by atoms with van der Waals surface area (Å²) in [5.74, 6) is 0. The molecule has 0 heterocycles. The van der Waals surface area contributed by atoms with Crippen LogP contribution in [0.3, 0.4) is 0 Å². The first-order valence-corrected chi connectivity index (χ1v) is 4.76. The summed E-state index contributed by atoms with van der Waals surface area (Å²) in [5.41, 5.74) is 1.17. The van der Waals surface area contributed by atoms with Gasteiger partial charge >= 0.3 is 0 Å². The molecule has 0 aliphatic carbocycles. The normalized spacial score (nSPS) is 9.00. The fourth-order valence-electron chi connectivity index (χ4n) is 1.13. The van der Waals surface area contributed by atoms with Gasteiger partial charge in [-0.15, -0.1) is 6.58 Å². The van der Waals surface area contributed by atoms with Crippen molar-refractivity contribution < 1.29 is 0 Å². The van der Waals surface area contributed by atoms with E-state index in [1.165, 1.54) is 16.3 Å². The molecule has 2 aromatic rings. The molecule has 0 N–H and O–H groups in total. The molecule has 0 saturated carbocycles. The maximum absolute atomic E-state index is 3.56. The minimum atomic E-state index is 1.17. The van der Waals surface area contributed by atoms with Gasteiger partial charge in [0.25, 0.3) is 0 Å². The van der Waals surface area contributed by atoms with Crippen LogP contribution in [-0.4, -0.2) is 0 Å². The van der Waals surface area contributed by atoms with E-state index in [4.69, 9.17) is 0 Å². The Hall–Kier alpha value is -1.56. The molecule has 0 amide bonds. The maximum Gasteiger partial charge on any atom is -0.0184 e. The Morgan fingerprint density at radius 1 is 0.786 bits per heavy atom. The second kappa shape index (κ2) is 5.23. The largest absolute Gasteiger partial charge is 0.100 e. The topological polar surface area (TPSA) is 0 Å². The second-order valence-electron chi connectivity index (χ2n) is 3.55. The monoisotopic (exact) mass is 184 g/mol. The Bertz CT molecular complexity index is 344. The van der Waals surface area contributed by atoms with Crippen molar-refractivity contribution in [2.45, 2.75) is 13.8 Å². The van der Waals surface area contributed by atoms with Crippen molar-refractivity contribution in [3.05, 3.63) is 60.7 Å². The van der Waals surface area contributed by atoms with Gasteiger partial charge in [0.05, 0.1) is 0 Å². The standard InChI is InChI=1S/C10H8.C4H8/c1-2-6-10-8-4-3-7-9(10)5-1;1-4(2)3/h1-8H;1H2,2-3H3. The molecule has 0 radical (unpaired) electrons. The summed E-state index contributed by atoms with van der Waals surface area (Å²) in [6.45, 7) is 7.50. The number of hydrogen-bond acceptors (Lipinski definition) is 0. The molecule has 0 aliphatic heterocycles. The van der Waals surface area contributed by atoms with Crippen LogP contribution in [0.25, 0.3) is 10.8 Å². The summed E-state index contributed by atoms with van der Waals surface area (Å²) in [7, 11) is 0. The Morgan fingerprint density at radius 2 is 1.00 bits per heavy atom. The summed E-state index contributed by atoms with van der Waals surface area (Å²) in [6.07, 6.45) is 0. The molecular weight excluding hydrogens is 168 g/mol. The van der Waals surface area contributed by atoms with Gasteiger partial charge in [0.15, 0.2) is 0 Å². The van der Waals surface area contributed by atoms with Gasteiger partial charge in [0.2, 0.25) is 0 Å². The van der Waals surface area contributed by atoms with Crippen LogP contribution in [0.4, 0.5) is 0 Å². The number of hydrogen-bond donors (Lipinski definition) is 0. The highest BCUT2D eigenvalue weighted by atomic mass is 13.9. The van der Waals surface area contributed by atoms with E-state index in [0.29, 0.717) is 0 Å². The molecular formula is C14H16. The summed E-state index contributed by atoms with van der Waals surface area (Å²) in [6, 6.07) is 16.7. The average molecular weight is 184 g/mol. The first-order valence-electron chi connectivity index (χ1n) is 4.76. The van der Waals surface area contributed by atoms with Crippen LogP contribution in [0.1, 0.15) is 13.8 Å². The average Bonchev–Trinajstić information content (AvgIpc) is 2.17. The minimum absolute atomic E-state index is 1.17. The quantitative estimate of drug-likeness (QED) is 0.531. The number of fused-ring (bicyclic) bond motifs is 1. The van der Waals surface area contributed by atoms with Crippen molar-refractivity contribution in [2.75, 3.05) is 0 Å². The molecule has 2 aromatic carbocycles. The van der Waals surface area contributed by atoms with Crippen LogP contribution in [0.5, 0.6) is 0 Å². The number of rotatable bonds is 0. The van der Waals surface area contributed by atoms with E-state index in [9.17, 15) is 0 Å². The van der Waals surface area contributed by atoms with E-state index >= 15 is 0 Å².